The summed E-state index contributed by atoms with van der Waals surface area (Å²) in [5, 5.41) is 10.5. The normalized spacial score (nSPS) is 17.2. The second kappa shape index (κ2) is 6.87. The summed E-state index contributed by atoms with van der Waals surface area (Å²) in [7, 11) is 3.93. The van der Waals surface area contributed by atoms with Crippen molar-refractivity contribution in [3.8, 4) is 0 Å². The third kappa shape index (κ3) is 3.92. The molecule has 114 valence electrons. The Morgan fingerprint density at radius 1 is 1.43 bits per heavy atom. The highest BCUT2D eigenvalue weighted by Gasteiger charge is 2.26. The highest BCUT2D eigenvalue weighted by Crippen LogP contribution is 2.23. The number of hydrogen-bond acceptors (Lipinski definition) is 4. The highest BCUT2D eigenvalue weighted by atomic mass is 32.1. The third-order valence-electron chi connectivity index (χ3n) is 3.85. The van der Waals surface area contributed by atoms with Crippen LogP contribution in [0.2, 0.25) is 0 Å². The molecule has 1 aliphatic heterocycles. The van der Waals surface area contributed by atoms with Gasteiger partial charge in [-0.3, -0.25) is 4.79 Å². The Morgan fingerprint density at radius 3 is 2.71 bits per heavy atom. The SMILES string of the molecule is CN1CCC(N(C)C(=O)c2sccc2C=CC(=O)O)CC1. The number of aliphatic carboxylic acids is 1. The number of likely N-dealkylation sites (tertiary alicyclic amines) is 1. The quantitative estimate of drug-likeness (QED) is 0.864. The average molecular weight is 308 g/mol. The largest absolute Gasteiger partial charge is 0.478 e. The Morgan fingerprint density at radius 2 is 2.10 bits per heavy atom. The van der Waals surface area contributed by atoms with Crippen LogP contribution in [0.4, 0.5) is 0 Å². The molecule has 1 saturated heterocycles. The zero-order chi connectivity index (χ0) is 15.4. The number of amides is 1. The lowest BCUT2D eigenvalue weighted by molar-refractivity contribution is -0.131. The molecule has 2 rings (SSSR count). The number of carboxylic acid groups (broad SMARTS) is 1. The van der Waals surface area contributed by atoms with Crippen LogP contribution in [0.5, 0.6) is 0 Å². The molecule has 1 amide bonds. The molecule has 5 nitrogen and oxygen atoms in total. The number of carbonyl (C=O) groups excluding carboxylic acids is 1. The number of carbonyl (C=O) groups is 2. The van der Waals surface area contributed by atoms with Gasteiger partial charge in [0.15, 0.2) is 0 Å². The highest BCUT2D eigenvalue weighted by molar-refractivity contribution is 7.12. The van der Waals surface area contributed by atoms with Crippen LogP contribution in [0.3, 0.4) is 0 Å². The molecule has 0 aromatic carbocycles. The fourth-order valence-electron chi connectivity index (χ4n) is 2.49. The maximum absolute atomic E-state index is 12.6. The predicted octanol–water partition coefficient (Wildman–Crippen LogP) is 2.01. The van der Waals surface area contributed by atoms with Crippen molar-refractivity contribution >= 4 is 29.3 Å². The summed E-state index contributed by atoms with van der Waals surface area (Å²) >= 11 is 1.36. The van der Waals surface area contributed by atoms with E-state index in [0.717, 1.165) is 32.0 Å². The number of thiophene rings is 1. The molecular formula is C15H20N2O3S. The van der Waals surface area contributed by atoms with Gasteiger partial charge in [0.25, 0.3) is 5.91 Å². The van der Waals surface area contributed by atoms with Gasteiger partial charge >= 0.3 is 5.97 Å². The van der Waals surface area contributed by atoms with Gasteiger partial charge in [0.1, 0.15) is 0 Å². The van der Waals surface area contributed by atoms with Crippen LogP contribution in [-0.4, -0.2) is 60.0 Å². The van der Waals surface area contributed by atoms with Crippen molar-refractivity contribution in [2.24, 2.45) is 0 Å². The lowest BCUT2D eigenvalue weighted by Gasteiger charge is -2.35. The van der Waals surface area contributed by atoms with E-state index in [9.17, 15) is 9.59 Å². The van der Waals surface area contributed by atoms with Gasteiger partial charge in [-0.15, -0.1) is 11.3 Å². The first-order valence-corrected chi connectivity index (χ1v) is 7.81. The van der Waals surface area contributed by atoms with E-state index in [1.54, 1.807) is 11.0 Å². The topological polar surface area (TPSA) is 60.9 Å². The predicted molar refractivity (Wildman–Crippen MR) is 83.6 cm³/mol. The smallest absolute Gasteiger partial charge is 0.328 e. The Labute approximate surface area is 128 Å². The third-order valence-corrected chi connectivity index (χ3v) is 4.77. The lowest BCUT2D eigenvalue weighted by atomic mass is 10.0. The summed E-state index contributed by atoms with van der Waals surface area (Å²) in [5.74, 6) is -1.03. The first-order valence-electron chi connectivity index (χ1n) is 6.93. The molecule has 0 unspecified atom stereocenters. The number of carboxylic acids is 1. The van der Waals surface area contributed by atoms with Crippen LogP contribution >= 0.6 is 11.3 Å². The number of piperidine rings is 1. The summed E-state index contributed by atoms with van der Waals surface area (Å²) < 4.78 is 0. The van der Waals surface area contributed by atoms with Gasteiger partial charge < -0.3 is 14.9 Å². The van der Waals surface area contributed by atoms with E-state index in [-0.39, 0.29) is 11.9 Å². The standard InChI is InChI=1S/C15H20N2O3S/c1-16-8-5-12(6-9-16)17(2)15(20)14-11(7-10-21-14)3-4-13(18)19/h3-4,7,10,12H,5-6,8-9H2,1-2H3,(H,18,19). The summed E-state index contributed by atoms with van der Waals surface area (Å²) in [5.41, 5.74) is 0.673. The van der Waals surface area contributed by atoms with Crippen LogP contribution in [0.1, 0.15) is 28.1 Å². The molecule has 0 saturated carbocycles. The molecule has 1 N–H and O–H groups in total. The Kier molecular flexibility index (Phi) is 5.14. The minimum atomic E-state index is -1.01. The maximum atomic E-state index is 12.6. The molecule has 1 aliphatic rings. The van der Waals surface area contributed by atoms with E-state index in [0.29, 0.717) is 10.4 Å². The van der Waals surface area contributed by atoms with E-state index in [1.165, 1.54) is 17.4 Å². The van der Waals surface area contributed by atoms with Gasteiger partial charge in [0.2, 0.25) is 0 Å². The summed E-state index contributed by atoms with van der Waals surface area (Å²) in [6, 6.07) is 2.03. The molecule has 1 aromatic heterocycles. The van der Waals surface area contributed by atoms with Gasteiger partial charge in [-0.2, -0.15) is 0 Å². The van der Waals surface area contributed by atoms with Gasteiger partial charge in [-0.25, -0.2) is 4.79 Å². The Balaban J connectivity index is 2.09. The number of hydrogen-bond donors (Lipinski definition) is 1. The summed E-state index contributed by atoms with van der Waals surface area (Å²) in [6.45, 7) is 2.00. The van der Waals surface area contributed by atoms with E-state index in [4.69, 9.17) is 5.11 Å². The number of rotatable bonds is 4. The fourth-order valence-corrected chi connectivity index (χ4v) is 3.36. The van der Waals surface area contributed by atoms with E-state index >= 15 is 0 Å². The molecule has 0 aliphatic carbocycles. The average Bonchev–Trinajstić information content (AvgIpc) is 2.92. The first-order chi connectivity index (χ1) is 9.99. The van der Waals surface area contributed by atoms with Crippen LogP contribution in [0.25, 0.3) is 6.08 Å². The van der Waals surface area contributed by atoms with Gasteiger partial charge in [0, 0.05) is 19.2 Å². The van der Waals surface area contributed by atoms with E-state index < -0.39 is 5.97 Å². The van der Waals surface area contributed by atoms with Crippen LogP contribution in [-0.2, 0) is 4.79 Å². The van der Waals surface area contributed by atoms with Crippen LogP contribution in [0.15, 0.2) is 17.5 Å². The van der Waals surface area contributed by atoms with E-state index in [2.05, 4.69) is 11.9 Å². The molecule has 1 fully saturated rings. The molecule has 0 radical (unpaired) electrons. The second-order valence-electron chi connectivity index (χ2n) is 5.33. The van der Waals surface area contributed by atoms with Crippen molar-refractivity contribution in [3.63, 3.8) is 0 Å². The zero-order valence-corrected chi connectivity index (χ0v) is 13.1. The maximum Gasteiger partial charge on any atom is 0.328 e. The minimum Gasteiger partial charge on any atom is -0.478 e. The molecule has 0 bridgehead atoms. The molecule has 0 spiro atoms. The van der Waals surface area contributed by atoms with Gasteiger partial charge in [-0.1, -0.05) is 0 Å². The molecular weight excluding hydrogens is 288 g/mol. The molecule has 1 aromatic rings. The molecule has 2 heterocycles. The number of nitrogens with zero attached hydrogens (tertiary/aromatic N) is 2. The van der Waals surface area contributed by atoms with Crippen molar-refractivity contribution in [3.05, 3.63) is 28.0 Å². The van der Waals surface area contributed by atoms with Crippen molar-refractivity contribution in [1.82, 2.24) is 9.80 Å². The zero-order valence-electron chi connectivity index (χ0n) is 12.3. The van der Waals surface area contributed by atoms with Crippen molar-refractivity contribution in [1.29, 1.82) is 0 Å². The molecule has 21 heavy (non-hydrogen) atoms. The molecule has 0 atom stereocenters. The minimum absolute atomic E-state index is 0.0235. The van der Waals surface area contributed by atoms with Crippen molar-refractivity contribution in [2.75, 3.05) is 27.2 Å². The molecule has 6 heteroatoms. The van der Waals surface area contributed by atoms with Crippen molar-refractivity contribution in [2.45, 2.75) is 18.9 Å². The van der Waals surface area contributed by atoms with Gasteiger partial charge in [0.05, 0.1) is 4.88 Å². The van der Waals surface area contributed by atoms with Crippen LogP contribution < -0.4 is 0 Å². The summed E-state index contributed by atoms with van der Waals surface area (Å²) in [4.78, 5) is 27.9. The lowest BCUT2D eigenvalue weighted by Crippen LogP contribution is -2.44. The summed E-state index contributed by atoms with van der Waals surface area (Å²) in [6.07, 6.45) is 4.50. The van der Waals surface area contributed by atoms with Crippen molar-refractivity contribution < 1.29 is 14.7 Å². The van der Waals surface area contributed by atoms with Gasteiger partial charge in [-0.05, 0) is 56.1 Å². The Bertz CT molecular complexity index is 545. The fraction of sp³-hybridized carbons (Fsp3) is 0.467. The second-order valence-corrected chi connectivity index (χ2v) is 6.24. The van der Waals surface area contributed by atoms with Crippen LogP contribution in [0, 0.1) is 0 Å². The first kappa shape index (κ1) is 15.7. The monoisotopic (exact) mass is 308 g/mol. The van der Waals surface area contributed by atoms with E-state index in [1.807, 2.05) is 12.4 Å². The Hall–Kier alpha value is -1.66.